The van der Waals surface area contributed by atoms with E-state index in [9.17, 15) is 40.7 Å². The monoisotopic (exact) mass is 886 g/mol. The Morgan fingerprint density at radius 2 is 1.57 bits per heavy atom. The van der Waals surface area contributed by atoms with Crippen LogP contribution in [0.3, 0.4) is 0 Å². The number of nitriles is 1. The first-order valence-electron chi connectivity index (χ1n) is 19.8. The van der Waals surface area contributed by atoms with E-state index in [1.165, 1.54) is 36.7 Å². The van der Waals surface area contributed by atoms with Gasteiger partial charge in [-0.2, -0.15) is 28.6 Å². The third-order valence-electron chi connectivity index (χ3n) is 10.8. The summed E-state index contributed by atoms with van der Waals surface area (Å²) in [6.45, 7) is 2.31. The predicted octanol–water partition coefficient (Wildman–Crippen LogP) is 6.63. The molecule has 63 heavy (non-hydrogen) atoms. The minimum absolute atomic E-state index is 0.158. The van der Waals surface area contributed by atoms with E-state index in [-0.39, 0.29) is 16.0 Å². The molecule has 0 radical (unpaired) electrons. The van der Waals surface area contributed by atoms with Crippen LogP contribution in [0.25, 0.3) is 10.8 Å². The van der Waals surface area contributed by atoms with Crippen LogP contribution >= 0.6 is 0 Å². The van der Waals surface area contributed by atoms with Crippen LogP contribution in [0.2, 0.25) is 0 Å². The van der Waals surface area contributed by atoms with Gasteiger partial charge in [-0.05, 0) is 92.1 Å². The van der Waals surface area contributed by atoms with E-state index in [1.807, 2.05) is 24.3 Å². The van der Waals surface area contributed by atoms with Gasteiger partial charge in [-0.1, -0.05) is 25.0 Å². The van der Waals surface area contributed by atoms with Crippen LogP contribution in [0.15, 0.2) is 94.9 Å². The van der Waals surface area contributed by atoms with Crippen molar-refractivity contribution in [2.45, 2.75) is 61.2 Å². The summed E-state index contributed by atoms with van der Waals surface area (Å²) in [5.41, 5.74) is -1.78. The summed E-state index contributed by atoms with van der Waals surface area (Å²) in [5, 5.41) is 43.9. The molecule has 0 saturated carbocycles. The first-order chi connectivity index (χ1) is 29.9. The number of amides is 1. The number of aliphatic hydroxyl groups is 1. The van der Waals surface area contributed by atoms with E-state index in [0.717, 1.165) is 62.5 Å². The fraction of sp³-hybridized carbons (Fsp3) is 0.302. The molecule has 6 aromatic rings. The molecule has 7 rings (SSSR count). The Bertz CT molecular complexity index is 2860. The Hall–Kier alpha value is -6.85. The standard InChI is InChI=1S/C43H42F4N10O5S/c1-42(60,41(59)53-30-12-9-26(22-48)33(21-30)43(45,46)47)23-63(61,62)31-15-13-29(14-16-31)50-18-6-4-3-5-17-49-28-10-7-25(8-11-28)37-36(39-51-24-52-57(39)2)38-35-32(40(58)56-55-38)19-27(44)20-34(35)54-37/h7-16,19-21,24,36-37,49-50,54,60H,3-6,17-18,23H2,1-2H3,(H,53,59)(H,56,58)/t36?,37-,42?/m1/s1. The van der Waals surface area contributed by atoms with Gasteiger partial charge in [-0.25, -0.2) is 22.9 Å². The van der Waals surface area contributed by atoms with E-state index >= 15 is 0 Å². The SMILES string of the molecule is Cn1ncnc1C1c2n[nH]c(=O)c3cc(F)cc(c23)N[C@@H]1c1ccc(NCCCCCCNc2ccc(S(=O)(=O)CC(C)(O)C(=O)Nc3ccc(C#N)c(C(F)(F)F)c3)cc2)cc1. The number of nitrogens with one attached hydrogen (secondary N) is 5. The third-order valence-corrected chi connectivity index (χ3v) is 12.7. The highest BCUT2D eigenvalue weighted by Gasteiger charge is 2.39. The quantitative estimate of drug-likeness (QED) is 0.0446. The van der Waals surface area contributed by atoms with Crippen LogP contribution in [-0.2, 0) is 27.9 Å². The smallest absolute Gasteiger partial charge is 0.385 e. The van der Waals surface area contributed by atoms with Crippen molar-refractivity contribution in [1.82, 2.24) is 25.0 Å². The van der Waals surface area contributed by atoms with Crippen molar-refractivity contribution in [3.05, 3.63) is 130 Å². The largest absolute Gasteiger partial charge is 0.417 e. The van der Waals surface area contributed by atoms with E-state index in [2.05, 4.69) is 41.5 Å². The number of unbranched alkanes of at least 4 members (excludes halogenated alkanes) is 3. The fourth-order valence-electron chi connectivity index (χ4n) is 7.57. The summed E-state index contributed by atoms with van der Waals surface area (Å²) in [5.74, 6) is -2.63. The van der Waals surface area contributed by atoms with Crippen LogP contribution in [-0.4, -0.2) is 68.8 Å². The van der Waals surface area contributed by atoms with Crippen LogP contribution in [0.1, 0.15) is 72.8 Å². The number of aromatic amines is 1. The molecule has 1 amide bonds. The molecule has 20 heteroatoms. The molecule has 4 aromatic carbocycles. The molecule has 0 saturated heterocycles. The molecular formula is C43H42F4N10O5S. The third kappa shape index (κ3) is 9.79. The van der Waals surface area contributed by atoms with Gasteiger partial charge in [0.15, 0.2) is 15.4 Å². The Balaban J connectivity index is 0.853. The van der Waals surface area contributed by atoms with Crippen molar-refractivity contribution in [2.24, 2.45) is 7.05 Å². The predicted molar refractivity (Wildman–Crippen MR) is 227 cm³/mol. The molecule has 0 aliphatic carbocycles. The number of halogens is 4. The summed E-state index contributed by atoms with van der Waals surface area (Å²) in [7, 11) is -2.43. The number of alkyl halides is 3. The lowest BCUT2D eigenvalue weighted by atomic mass is 9.83. The number of hydrogen-bond donors (Lipinski definition) is 6. The van der Waals surface area contributed by atoms with E-state index < -0.39 is 67.7 Å². The zero-order chi connectivity index (χ0) is 45.1. The van der Waals surface area contributed by atoms with Gasteiger partial charge in [0.2, 0.25) is 0 Å². The lowest BCUT2D eigenvalue weighted by Gasteiger charge is -2.33. The highest BCUT2D eigenvalue weighted by atomic mass is 32.2. The van der Waals surface area contributed by atoms with Crippen molar-refractivity contribution in [1.29, 1.82) is 5.26 Å². The molecule has 2 aromatic heterocycles. The van der Waals surface area contributed by atoms with Crippen molar-refractivity contribution in [2.75, 3.05) is 40.1 Å². The zero-order valence-electron chi connectivity index (χ0n) is 33.9. The molecule has 0 fully saturated rings. The van der Waals surface area contributed by atoms with Gasteiger partial charge >= 0.3 is 6.18 Å². The normalized spacial score (nSPS) is 15.8. The Morgan fingerprint density at radius 3 is 2.17 bits per heavy atom. The molecule has 3 heterocycles. The Morgan fingerprint density at radius 1 is 0.937 bits per heavy atom. The number of rotatable bonds is 16. The van der Waals surface area contributed by atoms with Crippen LogP contribution < -0.4 is 26.8 Å². The molecule has 15 nitrogen and oxygen atoms in total. The number of nitrogens with zero attached hydrogens (tertiary/aromatic N) is 5. The lowest BCUT2D eigenvalue weighted by Crippen LogP contribution is -2.45. The van der Waals surface area contributed by atoms with Gasteiger partial charge in [0.1, 0.15) is 18.0 Å². The first kappa shape index (κ1) is 44.2. The van der Waals surface area contributed by atoms with Crippen LogP contribution in [0.4, 0.5) is 40.3 Å². The number of hydrogen-bond acceptors (Lipinski definition) is 12. The number of carbonyl (C=O) groups excluding carboxylic acids is 1. The number of anilines is 4. The van der Waals surface area contributed by atoms with E-state index in [1.54, 1.807) is 23.9 Å². The molecule has 1 aliphatic heterocycles. The number of aromatic nitrogens is 5. The average Bonchev–Trinajstić information content (AvgIpc) is 3.67. The maximum Gasteiger partial charge on any atom is 0.417 e. The summed E-state index contributed by atoms with van der Waals surface area (Å²) >= 11 is 0. The molecule has 1 aliphatic rings. The van der Waals surface area contributed by atoms with Crippen LogP contribution in [0, 0.1) is 17.1 Å². The second-order valence-electron chi connectivity index (χ2n) is 15.4. The molecule has 3 atom stereocenters. The topological polar surface area (TPSA) is 220 Å². The number of carbonyl (C=O) groups is 1. The molecule has 2 unspecified atom stereocenters. The van der Waals surface area contributed by atoms with Crippen molar-refractivity contribution in [3.8, 4) is 6.07 Å². The number of aryl methyl sites for hydroxylation is 1. The first-order valence-corrected chi connectivity index (χ1v) is 21.5. The second kappa shape index (κ2) is 17.9. The van der Waals surface area contributed by atoms with E-state index in [4.69, 9.17) is 5.26 Å². The van der Waals surface area contributed by atoms with Gasteiger partial charge in [0.25, 0.3) is 11.5 Å². The number of benzene rings is 4. The van der Waals surface area contributed by atoms with Gasteiger partial charge < -0.3 is 26.4 Å². The van der Waals surface area contributed by atoms with Crippen molar-refractivity contribution >= 4 is 49.3 Å². The van der Waals surface area contributed by atoms with Gasteiger partial charge in [-0.3, -0.25) is 14.3 Å². The maximum absolute atomic E-state index is 14.6. The van der Waals surface area contributed by atoms with Gasteiger partial charge in [0, 0.05) is 48.3 Å². The average molecular weight is 887 g/mol. The summed E-state index contributed by atoms with van der Waals surface area (Å²) < 4.78 is 82.5. The summed E-state index contributed by atoms with van der Waals surface area (Å²) in [4.78, 5) is 29.7. The summed E-state index contributed by atoms with van der Waals surface area (Å²) in [6.07, 6.45) is 0.219. The molecule has 0 spiro atoms. The minimum Gasteiger partial charge on any atom is -0.385 e. The molecule has 0 bridgehead atoms. The molecule has 6 N–H and O–H groups in total. The Labute approximate surface area is 358 Å². The summed E-state index contributed by atoms with van der Waals surface area (Å²) in [6, 6.07) is 19.8. The van der Waals surface area contributed by atoms with Crippen molar-refractivity contribution in [3.63, 3.8) is 0 Å². The van der Waals surface area contributed by atoms with Gasteiger partial charge in [-0.15, -0.1) is 0 Å². The highest BCUT2D eigenvalue weighted by molar-refractivity contribution is 7.91. The lowest BCUT2D eigenvalue weighted by molar-refractivity contribution is -0.137. The number of sulfone groups is 1. The fourth-order valence-corrected chi connectivity index (χ4v) is 9.16. The van der Waals surface area contributed by atoms with Crippen LogP contribution in [0.5, 0.6) is 0 Å². The zero-order valence-corrected chi connectivity index (χ0v) is 34.7. The highest BCUT2D eigenvalue weighted by Crippen LogP contribution is 2.46. The second-order valence-corrected chi connectivity index (χ2v) is 17.4. The Kier molecular flexibility index (Phi) is 12.5. The maximum atomic E-state index is 14.6. The molecule has 328 valence electrons. The number of H-pyrrole nitrogens is 1. The van der Waals surface area contributed by atoms with Crippen molar-refractivity contribution < 1.29 is 35.9 Å². The van der Waals surface area contributed by atoms with E-state index in [0.29, 0.717) is 40.9 Å². The minimum atomic E-state index is -4.88. The van der Waals surface area contributed by atoms with Gasteiger partial charge in [0.05, 0.1) is 50.9 Å². The molecular weight excluding hydrogens is 845 g/mol.